The fourth-order valence-electron chi connectivity index (χ4n) is 4.11. The van der Waals surface area contributed by atoms with Gasteiger partial charge in [0.1, 0.15) is 22.8 Å². The van der Waals surface area contributed by atoms with Crippen molar-refractivity contribution in [3.8, 4) is 11.5 Å². The second-order valence-electron chi connectivity index (χ2n) is 7.72. The van der Waals surface area contributed by atoms with E-state index in [1.54, 1.807) is 36.4 Å². The van der Waals surface area contributed by atoms with Gasteiger partial charge in [-0.25, -0.2) is 0 Å². The molecule has 1 N–H and O–H groups in total. The molecular formula is C26H21Cl2NO5. The maximum atomic E-state index is 13.4. The molecule has 0 radical (unpaired) electrons. The summed E-state index contributed by atoms with van der Waals surface area (Å²) in [5.41, 5.74) is 2.02. The number of aliphatic hydroxyl groups is 1. The van der Waals surface area contributed by atoms with E-state index in [1.165, 1.54) is 25.2 Å². The lowest BCUT2D eigenvalue weighted by Gasteiger charge is -2.26. The van der Waals surface area contributed by atoms with Gasteiger partial charge in [0.05, 0.1) is 35.9 Å². The Hall–Kier alpha value is -3.48. The maximum absolute atomic E-state index is 13.4. The number of carbonyl (C=O) groups excluding carboxylic acids is 2. The summed E-state index contributed by atoms with van der Waals surface area (Å²) in [6, 6.07) is 16.1. The van der Waals surface area contributed by atoms with Gasteiger partial charge in [-0.05, 0) is 42.8 Å². The summed E-state index contributed by atoms with van der Waals surface area (Å²) >= 11 is 12.3. The predicted molar refractivity (Wildman–Crippen MR) is 132 cm³/mol. The van der Waals surface area contributed by atoms with E-state index >= 15 is 0 Å². The Morgan fingerprint density at radius 3 is 2.15 bits per heavy atom. The number of aliphatic hydroxyl groups excluding tert-OH is 1. The van der Waals surface area contributed by atoms with Gasteiger partial charge in [-0.3, -0.25) is 14.5 Å². The number of rotatable bonds is 5. The molecule has 3 aromatic rings. The van der Waals surface area contributed by atoms with Crippen LogP contribution in [-0.2, 0) is 9.59 Å². The van der Waals surface area contributed by atoms with Crippen LogP contribution < -0.4 is 14.4 Å². The average molecular weight is 498 g/mol. The van der Waals surface area contributed by atoms with Gasteiger partial charge >= 0.3 is 0 Å². The number of hydrogen-bond acceptors (Lipinski definition) is 5. The van der Waals surface area contributed by atoms with Crippen LogP contribution in [0.3, 0.4) is 0 Å². The van der Waals surface area contributed by atoms with Gasteiger partial charge in [0.25, 0.3) is 11.7 Å². The van der Waals surface area contributed by atoms with E-state index in [2.05, 4.69) is 0 Å². The SMILES string of the molecule is COc1cccc(OC)c1/C(O)=C1\C(=O)C(=O)N(c2ccc(Cl)c(Cl)c2)C1c1cccc(C)c1. The molecule has 0 aromatic heterocycles. The van der Waals surface area contributed by atoms with Crippen molar-refractivity contribution in [1.29, 1.82) is 0 Å². The minimum atomic E-state index is -0.924. The minimum Gasteiger partial charge on any atom is -0.506 e. The Morgan fingerprint density at radius 2 is 1.56 bits per heavy atom. The molecule has 3 aromatic carbocycles. The first-order chi connectivity index (χ1) is 16.3. The van der Waals surface area contributed by atoms with Gasteiger partial charge in [0, 0.05) is 5.69 Å². The highest BCUT2D eigenvalue weighted by Crippen LogP contribution is 2.45. The highest BCUT2D eigenvalue weighted by atomic mass is 35.5. The lowest BCUT2D eigenvalue weighted by molar-refractivity contribution is -0.132. The summed E-state index contributed by atoms with van der Waals surface area (Å²) in [4.78, 5) is 28.0. The van der Waals surface area contributed by atoms with E-state index in [0.29, 0.717) is 27.8 Å². The monoisotopic (exact) mass is 497 g/mol. The predicted octanol–water partition coefficient (Wildman–Crippen LogP) is 5.95. The van der Waals surface area contributed by atoms with Crippen LogP contribution in [0.25, 0.3) is 5.76 Å². The molecule has 1 aliphatic rings. The number of nitrogens with zero attached hydrogens (tertiary/aromatic N) is 1. The average Bonchev–Trinajstić information content (AvgIpc) is 3.10. The van der Waals surface area contributed by atoms with Gasteiger partial charge in [-0.15, -0.1) is 0 Å². The normalized spacial score (nSPS) is 17.2. The van der Waals surface area contributed by atoms with Crippen LogP contribution in [0.4, 0.5) is 5.69 Å². The van der Waals surface area contributed by atoms with Crippen LogP contribution in [0, 0.1) is 6.92 Å². The van der Waals surface area contributed by atoms with Crippen LogP contribution in [0.15, 0.2) is 66.2 Å². The number of amides is 1. The number of halogens is 2. The third-order valence-corrected chi connectivity index (χ3v) is 6.39. The van der Waals surface area contributed by atoms with Gasteiger partial charge in [-0.2, -0.15) is 0 Å². The number of hydrogen-bond donors (Lipinski definition) is 1. The number of anilines is 1. The molecule has 1 amide bonds. The smallest absolute Gasteiger partial charge is 0.300 e. The molecule has 0 aliphatic carbocycles. The summed E-state index contributed by atoms with van der Waals surface area (Å²) < 4.78 is 10.8. The molecule has 0 spiro atoms. The van der Waals surface area contributed by atoms with Crippen molar-refractivity contribution in [2.24, 2.45) is 0 Å². The summed E-state index contributed by atoms with van der Waals surface area (Å²) in [5.74, 6) is -1.47. The summed E-state index contributed by atoms with van der Waals surface area (Å²) in [5, 5.41) is 12.0. The van der Waals surface area contributed by atoms with E-state index in [9.17, 15) is 14.7 Å². The zero-order chi connectivity index (χ0) is 24.6. The lowest BCUT2D eigenvalue weighted by Crippen LogP contribution is -2.29. The van der Waals surface area contributed by atoms with E-state index in [1.807, 2.05) is 25.1 Å². The van der Waals surface area contributed by atoms with Crippen LogP contribution in [0.5, 0.6) is 11.5 Å². The van der Waals surface area contributed by atoms with Crippen LogP contribution in [0.2, 0.25) is 10.0 Å². The number of ether oxygens (including phenoxy) is 2. The fourth-order valence-corrected chi connectivity index (χ4v) is 4.40. The van der Waals surface area contributed by atoms with Crippen molar-refractivity contribution in [1.82, 2.24) is 0 Å². The lowest BCUT2D eigenvalue weighted by atomic mass is 9.93. The van der Waals surface area contributed by atoms with Crippen molar-refractivity contribution in [2.45, 2.75) is 13.0 Å². The van der Waals surface area contributed by atoms with Gasteiger partial charge in [0.15, 0.2) is 0 Å². The fraction of sp³-hybridized carbons (Fsp3) is 0.154. The Labute approximate surface area is 206 Å². The molecule has 1 unspecified atom stereocenters. The minimum absolute atomic E-state index is 0.0931. The molecule has 1 atom stereocenters. The second-order valence-corrected chi connectivity index (χ2v) is 8.53. The third-order valence-electron chi connectivity index (χ3n) is 5.65. The van der Waals surface area contributed by atoms with Crippen LogP contribution in [0.1, 0.15) is 22.7 Å². The first kappa shape index (κ1) is 23.7. The van der Waals surface area contributed by atoms with E-state index in [0.717, 1.165) is 5.56 Å². The summed E-state index contributed by atoms with van der Waals surface area (Å²) in [6.45, 7) is 1.90. The standard InChI is InChI=1S/C26H21Cl2NO5/c1-14-6-4-7-15(12-14)23-22(24(30)21-19(33-2)8-5-9-20(21)34-3)25(31)26(32)29(23)16-10-11-17(27)18(28)13-16/h4-13,23,30H,1-3H3/b24-22+. The van der Waals surface area contributed by atoms with Crippen molar-refractivity contribution in [3.05, 3.63) is 93.0 Å². The first-order valence-corrected chi connectivity index (χ1v) is 11.1. The number of Topliss-reactive ketones (excluding diaryl/α,β-unsaturated/α-hetero) is 1. The number of aryl methyl sites for hydroxylation is 1. The zero-order valence-corrected chi connectivity index (χ0v) is 20.1. The highest BCUT2D eigenvalue weighted by molar-refractivity contribution is 6.52. The molecule has 8 heteroatoms. The Morgan fingerprint density at radius 1 is 0.912 bits per heavy atom. The second kappa shape index (κ2) is 9.41. The molecule has 1 heterocycles. The molecule has 0 saturated carbocycles. The first-order valence-electron chi connectivity index (χ1n) is 10.3. The molecule has 6 nitrogen and oxygen atoms in total. The quantitative estimate of drug-likeness (QED) is 0.268. The van der Waals surface area contributed by atoms with Crippen molar-refractivity contribution in [3.63, 3.8) is 0 Å². The topological polar surface area (TPSA) is 76.1 Å². The van der Waals surface area contributed by atoms with Crippen molar-refractivity contribution >= 4 is 46.3 Å². The Balaban J connectivity index is 2.03. The number of ketones is 1. The maximum Gasteiger partial charge on any atom is 0.300 e. The largest absolute Gasteiger partial charge is 0.506 e. The Bertz CT molecular complexity index is 1310. The molecule has 1 saturated heterocycles. The van der Waals surface area contributed by atoms with E-state index < -0.39 is 23.5 Å². The Kier molecular flexibility index (Phi) is 6.55. The highest BCUT2D eigenvalue weighted by Gasteiger charge is 2.47. The van der Waals surface area contributed by atoms with Crippen LogP contribution >= 0.6 is 23.2 Å². The van der Waals surface area contributed by atoms with Crippen molar-refractivity contribution < 1.29 is 24.2 Å². The number of benzene rings is 3. The molecule has 1 fully saturated rings. The van der Waals surface area contributed by atoms with Gasteiger partial charge in [-0.1, -0.05) is 59.1 Å². The molecular weight excluding hydrogens is 477 g/mol. The van der Waals surface area contributed by atoms with Crippen molar-refractivity contribution in [2.75, 3.05) is 19.1 Å². The van der Waals surface area contributed by atoms with Crippen LogP contribution in [-0.4, -0.2) is 31.0 Å². The molecule has 0 bridgehead atoms. The molecule has 34 heavy (non-hydrogen) atoms. The zero-order valence-electron chi connectivity index (χ0n) is 18.6. The molecule has 1 aliphatic heterocycles. The summed E-state index contributed by atoms with van der Waals surface area (Å²) in [7, 11) is 2.88. The number of methoxy groups -OCH3 is 2. The molecule has 174 valence electrons. The van der Waals surface area contributed by atoms with E-state index in [-0.39, 0.29) is 16.2 Å². The summed E-state index contributed by atoms with van der Waals surface area (Å²) in [6.07, 6.45) is 0. The van der Waals surface area contributed by atoms with Gasteiger partial charge < -0.3 is 14.6 Å². The molecule has 4 rings (SSSR count). The third kappa shape index (κ3) is 4.00. The van der Waals surface area contributed by atoms with E-state index in [4.69, 9.17) is 32.7 Å². The number of carbonyl (C=O) groups is 2. The van der Waals surface area contributed by atoms with Gasteiger partial charge in [0.2, 0.25) is 0 Å².